The van der Waals surface area contributed by atoms with Crippen LogP contribution in [-0.4, -0.2) is 24.1 Å². The topological polar surface area (TPSA) is 78.7 Å². The molecule has 0 aliphatic carbocycles. The van der Waals surface area contributed by atoms with Crippen LogP contribution in [0.5, 0.6) is 0 Å². The highest BCUT2D eigenvalue weighted by Crippen LogP contribution is 2.37. The third-order valence-corrected chi connectivity index (χ3v) is 9.23. The molecule has 0 aliphatic rings. The van der Waals surface area contributed by atoms with Crippen molar-refractivity contribution in [3.05, 3.63) is 150 Å². The summed E-state index contributed by atoms with van der Waals surface area (Å²) in [7, 11) is 3.59. The third-order valence-electron chi connectivity index (χ3n) is 9.23. The van der Waals surface area contributed by atoms with E-state index in [0.717, 1.165) is 71.9 Å². The van der Waals surface area contributed by atoms with Crippen molar-refractivity contribution in [2.24, 2.45) is 14.1 Å². The highest BCUT2D eigenvalue weighted by atomic mass is 16.3. The summed E-state index contributed by atoms with van der Waals surface area (Å²) in [6.07, 6.45) is 0. The summed E-state index contributed by atoms with van der Waals surface area (Å²) in [6.45, 7) is 0. The van der Waals surface area contributed by atoms with Gasteiger partial charge in [-0.1, -0.05) is 109 Å². The number of rotatable bonds is 5. The standard InChI is InChI=1S/C42H29N5O2/c1-46-35-22-21-28(25-36(35)47(2)42(46)48)27-13-8-15-30(23-27)40-43-39(26-11-4-3-5-12-26)44-41(45-40)31-16-9-14-29(24-31)32-18-10-19-34-33-17-6-7-20-37(33)49-38(32)34/h3-25H,1-2H3. The van der Waals surface area contributed by atoms with E-state index < -0.39 is 0 Å². The maximum Gasteiger partial charge on any atom is 0.328 e. The molecule has 0 saturated carbocycles. The first kappa shape index (κ1) is 28.6. The molecule has 0 saturated heterocycles. The van der Waals surface area contributed by atoms with Crippen molar-refractivity contribution in [2.75, 3.05) is 0 Å². The summed E-state index contributed by atoms with van der Waals surface area (Å²) in [6, 6.07) is 46.9. The van der Waals surface area contributed by atoms with Crippen LogP contribution >= 0.6 is 0 Å². The number of hydrogen-bond acceptors (Lipinski definition) is 5. The van der Waals surface area contributed by atoms with Gasteiger partial charge < -0.3 is 4.42 Å². The second-order valence-corrected chi connectivity index (χ2v) is 12.2. The molecule has 9 rings (SSSR count). The monoisotopic (exact) mass is 635 g/mol. The average molecular weight is 636 g/mol. The number of para-hydroxylation sites is 2. The Morgan fingerprint density at radius 3 is 1.80 bits per heavy atom. The van der Waals surface area contributed by atoms with Crippen LogP contribution in [-0.2, 0) is 14.1 Å². The second-order valence-electron chi connectivity index (χ2n) is 12.2. The van der Waals surface area contributed by atoms with Gasteiger partial charge >= 0.3 is 5.69 Å². The van der Waals surface area contributed by atoms with Crippen molar-refractivity contribution in [2.45, 2.75) is 0 Å². The van der Waals surface area contributed by atoms with E-state index in [4.69, 9.17) is 19.4 Å². The van der Waals surface area contributed by atoms with Crippen molar-refractivity contribution < 1.29 is 4.42 Å². The molecule has 3 aromatic heterocycles. The second kappa shape index (κ2) is 11.3. The van der Waals surface area contributed by atoms with Crippen LogP contribution in [0.25, 0.3) is 89.4 Å². The molecular weight excluding hydrogens is 606 g/mol. The lowest BCUT2D eigenvalue weighted by atomic mass is 10.00. The lowest BCUT2D eigenvalue weighted by Crippen LogP contribution is -2.19. The number of benzene rings is 6. The molecule has 6 aromatic carbocycles. The largest absolute Gasteiger partial charge is 0.455 e. The van der Waals surface area contributed by atoms with Crippen LogP contribution in [0, 0.1) is 0 Å². The Kier molecular flexibility index (Phi) is 6.59. The van der Waals surface area contributed by atoms with Crippen LogP contribution in [0.3, 0.4) is 0 Å². The molecule has 3 heterocycles. The normalized spacial score (nSPS) is 11.6. The first-order valence-electron chi connectivity index (χ1n) is 16.1. The van der Waals surface area contributed by atoms with E-state index in [9.17, 15) is 4.79 Å². The van der Waals surface area contributed by atoms with Gasteiger partial charge in [0.1, 0.15) is 11.2 Å². The summed E-state index contributed by atoms with van der Waals surface area (Å²) in [5, 5.41) is 2.18. The van der Waals surface area contributed by atoms with Crippen LogP contribution < -0.4 is 5.69 Å². The summed E-state index contributed by atoms with van der Waals surface area (Å²) in [5.74, 6) is 1.74. The Balaban J connectivity index is 1.17. The minimum absolute atomic E-state index is 0.0506. The molecule has 0 amide bonds. The molecule has 49 heavy (non-hydrogen) atoms. The van der Waals surface area contributed by atoms with Crippen LogP contribution in [0.4, 0.5) is 0 Å². The molecule has 9 aromatic rings. The smallest absolute Gasteiger partial charge is 0.328 e. The van der Waals surface area contributed by atoms with Crippen molar-refractivity contribution >= 4 is 33.0 Å². The Bertz CT molecular complexity index is 2770. The van der Waals surface area contributed by atoms with Gasteiger partial charge in [0, 0.05) is 47.1 Å². The zero-order valence-electron chi connectivity index (χ0n) is 26.8. The summed E-state index contributed by atoms with van der Waals surface area (Å²) in [5.41, 5.74) is 10.1. The molecule has 0 aliphatic heterocycles. The van der Waals surface area contributed by atoms with E-state index in [2.05, 4.69) is 54.6 Å². The molecule has 0 N–H and O–H groups in total. The molecule has 0 bridgehead atoms. The number of aromatic nitrogens is 5. The van der Waals surface area contributed by atoms with Crippen molar-refractivity contribution in [3.63, 3.8) is 0 Å². The van der Waals surface area contributed by atoms with Crippen molar-refractivity contribution in [1.29, 1.82) is 0 Å². The zero-order valence-corrected chi connectivity index (χ0v) is 26.8. The first-order chi connectivity index (χ1) is 24.0. The van der Waals surface area contributed by atoms with E-state index >= 15 is 0 Å². The summed E-state index contributed by atoms with van der Waals surface area (Å²) < 4.78 is 9.71. The van der Waals surface area contributed by atoms with Gasteiger partial charge in [-0.2, -0.15) is 0 Å². The number of furan rings is 1. The fraction of sp³-hybridized carbons (Fsp3) is 0.0476. The molecule has 7 heteroatoms. The molecular formula is C42H29N5O2. The summed E-state index contributed by atoms with van der Waals surface area (Å²) >= 11 is 0. The zero-order chi connectivity index (χ0) is 33.1. The van der Waals surface area contributed by atoms with E-state index in [1.807, 2.05) is 84.9 Å². The van der Waals surface area contributed by atoms with Gasteiger partial charge in [-0.25, -0.2) is 19.7 Å². The van der Waals surface area contributed by atoms with Gasteiger partial charge in [0.15, 0.2) is 17.5 Å². The summed E-state index contributed by atoms with van der Waals surface area (Å²) in [4.78, 5) is 27.6. The van der Waals surface area contributed by atoms with E-state index in [0.29, 0.717) is 17.5 Å². The number of fused-ring (bicyclic) bond motifs is 4. The van der Waals surface area contributed by atoms with Crippen LogP contribution in [0.15, 0.2) is 149 Å². The highest BCUT2D eigenvalue weighted by Gasteiger charge is 2.16. The number of imidazole rings is 1. The Hall–Kier alpha value is -6.60. The molecule has 0 fully saturated rings. The Morgan fingerprint density at radius 1 is 0.469 bits per heavy atom. The molecule has 234 valence electrons. The van der Waals surface area contributed by atoms with Gasteiger partial charge in [0.2, 0.25) is 0 Å². The number of hydrogen-bond donors (Lipinski definition) is 0. The van der Waals surface area contributed by atoms with E-state index in [1.54, 1.807) is 23.2 Å². The van der Waals surface area contributed by atoms with Gasteiger partial charge in [-0.05, 0) is 47.0 Å². The quantitative estimate of drug-likeness (QED) is 0.188. The van der Waals surface area contributed by atoms with Gasteiger partial charge in [0.25, 0.3) is 0 Å². The van der Waals surface area contributed by atoms with Gasteiger partial charge in [0.05, 0.1) is 11.0 Å². The maximum atomic E-state index is 12.6. The minimum Gasteiger partial charge on any atom is -0.455 e. The Morgan fingerprint density at radius 2 is 1.02 bits per heavy atom. The van der Waals surface area contributed by atoms with Crippen molar-refractivity contribution in [1.82, 2.24) is 24.1 Å². The van der Waals surface area contributed by atoms with Crippen molar-refractivity contribution in [3.8, 4) is 56.4 Å². The fourth-order valence-electron chi connectivity index (χ4n) is 6.67. The molecule has 0 atom stereocenters. The maximum absolute atomic E-state index is 12.6. The van der Waals surface area contributed by atoms with Gasteiger partial charge in [-0.3, -0.25) is 9.13 Å². The first-order valence-corrected chi connectivity index (χ1v) is 16.1. The molecule has 0 unspecified atom stereocenters. The SMILES string of the molecule is Cn1c(=O)n(C)c2cc(-c3cccc(-c4nc(-c5ccccc5)nc(-c5cccc(-c6cccc7c6oc6ccccc67)c5)n4)c3)ccc21. The third kappa shape index (κ3) is 4.83. The van der Waals surface area contributed by atoms with Crippen LogP contribution in [0.1, 0.15) is 0 Å². The fourth-order valence-corrected chi connectivity index (χ4v) is 6.67. The molecule has 0 spiro atoms. The minimum atomic E-state index is -0.0506. The number of nitrogens with zero attached hydrogens (tertiary/aromatic N) is 5. The van der Waals surface area contributed by atoms with Gasteiger partial charge in [-0.15, -0.1) is 0 Å². The number of aryl methyl sites for hydroxylation is 2. The predicted molar refractivity (Wildman–Crippen MR) is 196 cm³/mol. The lowest BCUT2D eigenvalue weighted by molar-refractivity contribution is 0.670. The molecule has 0 radical (unpaired) electrons. The highest BCUT2D eigenvalue weighted by molar-refractivity contribution is 6.09. The average Bonchev–Trinajstić information content (AvgIpc) is 3.65. The molecule has 7 nitrogen and oxygen atoms in total. The lowest BCUT2D eigenvalue weighted by Gasteiger charge is -2.11. The van der Waals surface area contributed by atoms with E-state index in [-0.39, 0.29) is 5.69 Å². The predicted octanol–water partition coefficient (Wildman–Crippen LogP) is 9.30. The Labute approximate surface area is 281 Å². The van der Waals surface area contributed by atoms with Crippen LogP contribution in [0.2, 0.25) is 0 Å². The van der Waals surface area contributed by atoms with E-state index in [1.165, 1.54) is 0 Å².